The highest BCUT2D eigenvalue weighted by Crippen LogP contribution is 2.46. The molecule has 2 atom stereocenters. The van der Waals surface area contributed by atoms with Gasteiger partial charge in [0.15, 0.2) is 23.2 Å². The second-order valence-corrected chi connectivity index (χ2v) is 8.43. The summed E-state index contributed by atoms with van der Waals surface area (Å²) in [5.41, 5.74) is 1.30. The lowest BCUT2D eigenvalue weighted by atomic mass is 9.97. The summed E-state index contributed by atoms with van der Waals surface area (Å²) in [4.78, 5) is 12.8. The number of carbonyl (C=O) groups excluding carboxylic acids is 1. The van der Waals surface area contributed by atoms with Crippen molar-refractivity contribution < 1.29 is 27.4 Å². The molecule has 4 rings (SSSR count). The number of halogens is 4. The molecular weight excluding hydrogens is 485 g/mol. The largest absolute Gasteiger partial charge is 0.493 e. The lowest BCUT2D eigenvalue weighted by Crippen LogP contribution is -2.36. The number of hydrogen-bond acceptors (Lipinski definition) is 5. The summed E-state index contributed by atoms with van der Waals surface area (Å²) in [6, 6.07) is 11.6. The molecule has 35 heavy (non-hydrogen) atoms. The van der Waals surface area contributed by atoms with Crippen LogP contribution in [-0.4, -0.2) is 42.6 Å². The fraction of sp³-hybridized carbons (Fsp3) is 0.333. The summed E-state index contributed by atoms with van der Waals surface area (Å²) >= 11 is 6.37. The molecule has 0 aliphatic carbocycles. The van der Waals surface area contributed by atoms with Crippen LogP contribution in [-0.2, 0) is 6.42 Å². The van der Waals surface area contributed by atoms with E-state index < -0.39 is 24.2 Å². The molecule has 2 N–H and O–H groups in total. The molecule has 1 aliphatic heterocycles. The molecule has 186 valence electrons. The Hall–Kier alpha value is -3.40. The number of alkyl halides is 3. The number of benzene rings is 2. The molecule has 3 aromatic rings. The van der Waals surface area contributed by atoms with Crippen molar-refractivity contribution in [2.24, 2.45) is 0 Å². The van der Waals surface area contributed by atoms with Crippen LogP contribution < -0.4 is 20.1 Å². The molecule has 11 heteroatoms. The minimum atomic E-state index is -4.57. The zero-order valence-corrected chi connectivity index (χ0v) is 19.8. The number of nitrogens with one attached hydrogen (secondary N) is 2. The van der Waals surface area contributed by atoms with Crippen molar-refractivity contribution in [2.45, 2.75) is 31.1 Å². The van der Waals surface area contributed by atoms with Crippen molar-refractivity contribution in [1.29, 1.82) is 0 Å². The Morgan fingerprint density at radius 1 is 1.17 bits per heavy atom. The van der Waals surface area contributed by atoms with Gasteiger partial charge in [-0.3, -0.25) is 4.79 Å². The number of fused-ring (bicyclic) bond motifs is 1. The maximum absolute atomic E-state index is 13.9. The molecular formula is C24H24ClF3N4O3. The Kier molecular flexibility index (Phi) is 7.11. The van der Waals surface area contributed by atoms with E-state index in [0.29, 0.717) is 23.5 Å². The highest BCUT2D eigenvalue weighted by atomic mass is 35.5. The van der Waals surface area contributed by atoms with Gasteiger partial charge in [-0.25, -0.2) is 4.68 Å². The van der Waals surface area contributed by atoms with E-state index in [-0.39, 0.29) is 29.5 Å². The van der Waals surface area contributed by atoms with E-state index in [1.807, 2.05) is 6.07 Å². The average molecular weight is 509 g/mol. The van der Waals surface area contributed by atoms with Crippen LogP contribution >= 0.6 is 11.6 Å². The van der Waals surface area contributed by atoms with E-state index >= 15 is 0 Å². The van der Waals surface area contributed by atoms with Crippen LogP contribution in [0.1, 0.15) is 40.1 Å². The molecule has 0 fully saturated rings. The highest BCUT2D eigenvalue weighted by molar-refractivity contribution is 6.36. The van der Waals surface area contributed by atoms with Gasteiger partial charge < -0.3 is 20.1 Å². The summed E-state index contributed by atoms with van der Waals surface area (Å²) in [5.74, 6) is 0.449. The summed E-state index contributed by atoms with van der Waals surface area (Å²) < 4.78 is 53.0. The first-order valence-electron chi connectivity index (χ1n) is 10.9. The number of hydrogen-bond donors (Lipinski definition) is 2. The van der Waals surface area contributed by atoms with Crippen molar-refractivity contribution in [3.05, 3.63) is 70.4 Å². The van der Waals surface area contributed by atoms with Crippen molar-refractivity contribution in [2.75, 3.05) is 26.1 Å². The monoisotopic (exact) mass is 508 g/mol. The molecule has 1 aliphatic rings. The zero-order valence-electron chi connectivity index (χ0n) is 19.0. The Labute approximate surface area is 205 Å². The molecule has 0 saturated heterocycles. The van der Waals surface area contributed by atoms with Crippen LogP contribution in [0, 0.1) is 0 Å². The predicted octanol–water partition coefficient (Wildman–Crippen LogP) is 5.19. The number of nitrogens with zero attached hydrogens (tertiary/aromatic N) is 2. The van der Waals surface area contributed by atoms with Gasteiger partial charge in [0.25, 0.3) is 5.91 Å². The topological polar surface area (TPSA) is 77.4 Å². The summed E-state index contributed by atoms with van der Waals surface area (Å²) in [6.07, 6.45) is -4.39. The third-order valence-corrected chi connectivity index (χ3v) is 6.22. The van der Waals surface area contributed by atoms with Gasteiger partial charge in [0, 0.05) is 13.0 Å². The predicted molar refractivity (Wildman–Crippen MR) is 125 cm³/mol. The molecule has 0 spiro atoms. The quantitative estimate of drug-likeness (QED) is 0.459. The van der Waals surface area contributed by atoms with Crippen LogP contribution in [0.2, 0.25) is 5.02 Å². The lowest BCUT2D eigenvalue weighted by Gasteiger charge is -2.33. The maximum Gasteiger partial charge on any atom is 0.410 e. The Morgan fingerprint density at radius 3 is 2.54 bits per heavy atom. The van der Waals surface area contributed by atoms with Crippen molar-refractivity contribution in [3.8, 4) is 11.5 Å². The maximum atomic E-state index is 13.9. The van der Waals surface area contributed by atoms with Gasteiger partial charge in [0.05, 0.1) is 20.3 Å². The van der Waals surface area contributed by atoms with Gasteiger partial charge in [-0.15, -0.1) is 0 Å². The van der Waals surface area contributed by atoms with Gasteiger partial charge >= 0.3 is 6.18 Å². The van der Waals surface area contributed by atoms with Crippen LogP contribution in [0.25, 0.3) is 0 Å². The van der Waals surface area contributed by atoms with Crippen LogP contribution in [0.15, 0.2) is 48.5 Å². The molecule has 0 radical (unpaired) electrons. The van der Waals surface area contributed by atoms with E-state index in [1.165, 1.54) is 14.2 Å². The van der Waals surface area contributed by atoms with Gasteiger partial charge in [-0.1, -0.05) is 48.0 Å². The molecule has 1 amide bonds. The third kappa shape index (κ3) is 5.17. The standard InChI is InChI=1S/C24H24ClF3N4O3/c1-34-17-9-8-14(12-18(17)35-2)10-11-29-23(33)21-20(25)22-30-16(15-6-4-3-5-7-15)13-19(24(26,27)28)32(22)31-21/h3-9,12,16,19,30H,10-11,13H2,1-2H3,(H,29,33)/t16-,19-/m1/s1. The fourth-order valence-corrected chi connectivity index (χ4v) is 4.34. The first-order chi connectivity index (χ1) is 16.7. The van der Waals surface area contributed by atoms with Gasteiger partial charge in [0.1, 0.15) is 10.8 Å². The van der Waals surface area contributed by atoms with Crippen LogP contribution in [0.5, 0.6) is 11.5 Å². The number of methoxy groups -OCH3 is 2. The zero-order chi connectivity index (χ0) is 25.2. The Balaban J connectivity index is 1.52. The lowest BCUT2D eigenvalue weighted by molar-refractivity contribution is -0.173. The van der Waals surface area contributed by atoms with Crippen molar-refractivity contribution in [3.63, 3.8) is 0 Å². The minimum Gasteiger partial charge on any atom is -0.493 e. The minimum absolute atomic E-state index is 0.0286. The molecule has 1 aromatic heterocycles. The van der Waals surface area contributed by atoms with E-state index in [2.05, 4.69) is 15.7 Å². The first kappa shape index (κ1) is 24.7. The second-order valence-electron chi connectivity index (χ2n) is 8.05. The third-order valence-electron chi connectivity index (χ3n) is 5.86. The Morgan fingerprint density at radius 2 is 1.89 bits per heavy atom. The number of anilines is 1. The van der Waals surface area contributed by atoms with E-state index in [1.54, 1.807) is 42.5 Å². The molecule has 0 saturated carbocycles. The van der Waals surface area contributed by atoms with Crippen LogP contribution in [0.4, 0.5) is 19.0 Å². The van der Waals surface area contributed by atoms with Gasteiger partial charge in [0.2, 0.25) is 0 Å². The smallest absolute Gasteiger partial charge is 0.410 e. The molecule has 2 heterocycles. The molecule has 2 aromatic carbocycles. The number of rotatable bonds is 7. The van der Waals surface area contributed by atoms with Crippen molar-refractivity contribution in [1.82, 2.24) is 15.1 Å². The van der Waals surface area contributed by atoms with Crippen molar-refractivity contribution >= 4 is 23.3 Å². The number of aromatic nitrogens is 2. The van der Waals surface area contributed by atoms with E-state index in [4.69, 9.17) is 21.1 Å². The molecule has 0 unspecified atom stereocenters. The van der Waals surface area contributed by atoms with Gasteiger partial charge in [-0.05, 0) is 29.7 Å². The Bertz CT molecular complexity index is 1200. The number of ether oxygens (including phenoxy) is 2. The van der Waals surface area contributed by atoms with Crippen LogP contribution in [0.3, 0.4) is 0 Å². The summed E-state index contributed by atoms with van der Waals surface area (Å²) in [5, 5.41) is 9.51. The molecule has 0 bridgehead atoms. The van der Waals surface area contributed by atoms with E-state index in [9.17, 15) is 18.0 Å². The molecule has 7 nitrogen and oxygen atoms in total. The summed E-state index contributed by atoms with van der Waals surface area (Å²) in [6.45, 7) is 0.218. The SMILES string of the molecule is COc1ccc(CCNC(=O)c2nn3c(c2Cl)N[C@@H](c2ccccc2)C[C@@H]3C(F)(F)F)cc1OC. The first-order valence-corrected chi connectivity index (χ1v) is 11.3. The second kappa shape index (κ2) is 10.1. The fourth-order valence-electron chi connectivity index (χ4n) is 4.08. The highest BCUT2D eigenvalue weighted by Gasteiger charge is 2.47. The number of amides is 1. The number of carbonyl (C=O) groups is 1. The van der Waals surface area contributed by atoms with Gasteiger partial charge in [-0.2, -0.15) is 18.3 Å². The normalized spacial score (nSPS) is 17.3. The van der Waals surface area contributed by atoms with E-state index in [0.717, 1.165) is 10.2 Å². The average Bonchev–Trinajstić information content (AvgIpc) is 3.19. The summed E-state index contributed by atoms with van der Waals surface area (Å²) in [7, 11) is 3.06.